The van der Waals surface area contributed by atoms with Gasteiger partial charge in [-0.1, -0.05) is 11.6 Å². The van der Waals surface area contributed by atoms with Crippen molar-refractivity contribution in [3.8, 4) is 0 Å². The lowest BCUT2D eigenvalue weighted by molar-refractivity contribution is -0.135. The number of halogens is 1. The minimum absolute atomic E-state index is 0.0102. The van der Waals surface area contributed by atoms with Gasteiger partial charge in [-0.15, -0.1) is 0 Å². The van der Waals surface area contributed by atoms with Gasteiger partial charge in [-0.2, -0.15) is 0 Å². The van der Waals surface area contributed by atoms with Gasteiger partial charge in [0.05, 0.1) is 5.02 Å². The number of hydrogen-bond acceptors (Lipinski definition) is 5. The van der Waals surface area contributed by atoms with E-state index in [1.807, 2.05) is 0 Å². The van der Waals surface area contributed by atoms with Crippen molar-refractivity contribution in [2.75, 3.05) is 25.5 Å². The van der Waals surface area contributed by atoms with Crippen molar-refractivity contribution in [2.24, 2.45) is 0 Å². The number of imide groups is 1. The molecular formula is C11H11ClN4O3. The van der Waals surface area contributed by atoms with E-state index in [0.717, 1.165) is 4.90 Å². The maximum absolute atomic E-state index is 12.2. The first-order valence-electron chi connectivity index (χ1n) is 5.47. The molecule has 0 aliphatic carbocycles. The van der Waals surface area contributed by atoms with Gasteiger partial charge in [0, 0.05) is 7.05 Å². The second kappa shape index (κ2) is 5.23. The van der Waals surface area contributed by atoms with Gasteiger partial charge in [-0.3, -0.25) is 19.7 Å². The van der Waals surface area contributed by atoms with Gasteiger partial charge < -0.3 is 10.2 Å². The van der Waals surface area contributed by atoms with Crippen LogP contribution in [-0.4, -0.2) is 47.7 Å². The molecule has 1 aromatic rings. The summed E-state index contributed by atoms with van der Waals surface area (Å²) in [4.78, 5) is 39.8. The monoisotopic (exact) mass is 282 g/mol. The number of hydrogen-bond donors (Lipinski definition) is 2. The Hall–Kier alpha value is -2.15. The van der Waals surface area contributed by atoms with E-state index in [4.69, 9.17) is 11.6 Å². The number of nitrogens with one attached hydrogen (secondary N) is 2. The molecule has 0 radical (unpaired) electrons. The number of pyridine rings is 1. The molecule has 1 saturated heterocycles. The first-order chi connectivity index (χ1) is 9.01. The highest BCUT2D eigenvalue weighted by atomic mass is 35.5. The Bertz CT molecular complexity index is 545. The normalized spacial score (nSPS) is 15.2. The van der Waals surface area contributed by atoms with Crippen LogP contribution in [0.15, 0.2) is 12.1 Å². The summed E-state index contributed by atoms with van der Waals surface area (Å²) in [5, 5.41) is 5.07. The van der Waals surface area contributed by atoms with E-state index < -0.39 is 17.7 Å². The van der Waals surface area contributed by atoms with Crippen LogP contribution < -0.4 is 10.6 Å². The molecule has 1 aromatic heterocycles. The highest BCUT2D eigenvalue weighted by Gasteiger charge is 2.29. The van der Waals surface area contributed by atoms with E-state index in [0.29, 0.717) is 5.82 Å². The van der Waals surface area contributed by atoms with E-state index >= 15 is 0 Å². The summed E-state index contributed by atoms with van der Waals surface area (Å²) in [7, 11) is 1.66. The van der Waals surface area contributed by atoms with Crippen LogP contribution in [0.25, 0.3) is 0 Å². The van der Waals surface area contributed by atoms with Crippen molar-refractivity contribution in [1.82, 2.24) is 15.2 Å². The molecule has 8 heteroatoms. The van der Waals surface area contributed by atoms with Crippen LogP contribution in [0.2, 0.25) is 5.02 Å². The number of piperazine rings is 1. The Balaban J connectivity index is 2.28. The zero-order chi connectivity index (χ0) is 14.0. The quantitative estimate of drug-likeness (QED) is 0.738. The molecule has 1 aliphatic rings. The molecule has 1 fully saturated rings. The van der Waals surface area contributed by atoms with E-state index in [1.54, 1.807) is 13.1 Å². The Kier molecular flexibility index (Phi) is 3.66. The average Bonchev–Trinajstić information content (AvgIpc) is 2.37. The van der Waals surface area contributed by atoms with Crippen molar-refractivity contribution in [1.29, 1.82) is 0 Å². The second-order valence-corrected chi connectivity index (χ2v) is 4.32. The Labute approximate surface area is 113 Å². The van der Waals surface area contributed by atoms with Gasteiger partial charge in [-0.05, 0) is 12.1 Å². The third-order valence-corrected chi connectivity index (χ3v) is 2.84. The molecule has 0 unspecified atom stereocenters. The summed E-state index contributed by atoms with van der Waals surface area (Å²) in [5.74, 6) is -1.12. The van der Waals surface area contributed by atoms with Gasteiger partial charge in [0.2, 0.25) is 11.8 Å². The van der Waals surface area contributed by atoms with Crippen molar-refractivity contribution < 1.29 is 14.4 Å². The van der Waals surface area contributed by atoms with Crippen molar-refractivity contribution in [2.45, 2.75) is 0 Å². The number of carbonyl (C=O) groups is 3. The highest BCUT2D eigenvalue weighted by molar-refractivity contribution is 6.33. The van der Waals surface area contributed by atoms with Crippen LogP contribution in [0.1, 0.15) is 10.5 Å². The van der Waals surface area contributed by atoms with Crippen molar-refractivity contribution >= 4 is 35.1 Å². The van der Waals surface area contributed by atoms with Crippen LogP contribution >= 0.6 is 11.6 Å². The molecule has 19 heavy (non-hydrogen) atoms. The number of nitrogens with zero attached hydrogens (tertiary/aromatic N) is 2. The first kappa shape index (κ1) is 13.3. The molecule has 0 saturated carbocycles. The van der Waals surface area contributed by atoms with Crippen LogP contribution in [0.3, 0.4) is 0 Å². The molecule has 0 spiro atoms. The molecule has 2 heterocycles. The van der Waals surface area contributed by atoms with Crippen molar-refractivity contribution in [3.05, 3.63) is 22.8 Å². The van der Waals surface area contributed by atoms with E-state index in [2.05, 4.69) is 15.6 Å². The molecule has 7 nitrogen and oxygen atoms in total. The lowest BCUT2D eigenvalue weighted by Crippen LogP contribution is -2.53. The number of aromatic nitrogens is 1. The number of amides is 3. The Morgan fingerprint density at radius 1 is 1.37 bits per heavy atom. The lowest BCUT2D eigenvalue weighted by atomic mass is 10.2. The summed E-state index contributed by atoms with van der Waals surface area (Å²) in [6.45, 7) is -0.376. The topological polar surface area (TPSA) is 91.4 Å². The fourth-order valence-corrected chi connectivity index (χ4v) is 1.85. The maximum Gasteiger partial charge on any atom is 0.275 e. The lowest BCUT2D eigenvalue weighted by Gasteiger charge is -2.25. The van der Waals surface area contributed by atoms with Crippen molar-refractivity contribution in [3.63, 3.8) is 0 Å². The fraction of sp³-hybridized carbons (Fsp3) is 0.273. The molecular weight excluding hydrogens is 272 g/mol. The molecule has 0 aromatic carbocycles. The summed E-state index contributed by atoms with van der Waals surface area (Å²) in [6.07, 6.45) is 0. The van der Waals surface area contributed by atoms with Gasteiger partial charge in [-0.25, -0.2) is 4.98 Å². The van der Waals surface area contributed by atoms with Gasteiger partial charge in [0.1, 0.15) is 24.6 Å². The Morgan fingerprint density at radius 2 is 2.00 bits per heavy atom. The Morgan fingerprint density at radius 3 is 2.58 bits per heavy atom. The zero-order valence-corrected chi connectivity index (χ0v) is 10.8. The molecule has 100 valence electrons. The van der Waals surface area contributed by atoms with Crippen LogP contribution in [0.5, 0.6) is 0 Å². The van der Waals surface area contributed by atoms with Gasteiger partial charge >= 0.3 is 0 Å². The molecule has 1 aliphatic heterocycles. The minimum atomic E-state index is -0.551. The number of anilines is 1. The smallest absolute Gasteiger partial charge is 0.275 e. The van der Waals surface area contributed by atoms with Crippen LogP contribution in [0.4, 0.5) is 5.82 Å². The predicted molar refractivity (Wildman–Crippen MR) is 67.8 cm³/mol. The summed E-state index contributed by atoms with van der Waals surface area (Å²) in [5.41, 5.74) is 0.0102. The maximum atomic E-state index is 12.2. The minimum Gasteiger partial charge on any atom is -0.373 e. The fourth-order valence-electron chi connectivity index (χ4n) is 1.66. The molecule has 2 N–H and O–H groups in total. The molecule has 0 bridgehead atoms. The SMILES string of the molecule is CNc1ccc(Cl)c(C(=O)N2CC(=O)NC(=O)C2)n1. The van der Waals surface area contributed by atoms with E-state index in [-0.39, 0.29) is 23.8 Å². The highest BCUT2D eigenvalue weighted by Crippen LogP contribution is 2.18. The average molecular weight is 283 g/mol. The first-order valence-corrected chi connectivity index (χ1v) is 5.85. The van der Waals surface area contributed by atoms with Crippen LogP contribution in [-0.2, 0) is 9.59 Å². The molecule has 2 rings (SSSR count). The number of rotatable bonds is 2. The second-order valence-electron chi connectivity index (χ2n) is 3.91. The third kappa shape index (κ3) is 2.82. The van der Waals surface area contributed by atoms with Crippen LogP contribution in [0, 0.1) is 0 Å². The summed E-state index contributed by atoms with van der Waals surface area (Å²) in [6, 6.07) is 3.15. The molecule has 3 amide bonds. The van der Waals surface area contributed by atoms with E-state index in [9.17, 15) is 14.4 Å². The largest absolute Gasteiger partial charge is 0.373 e. The number of carbonyl (C=O) groups excluding carboxylic acids is 3. The zero-order valence-electron chi connectivity index (χ0n) is 10.1. The standard InChI is InChI=1S/C11H11ClN4O3/c1-13-7-3-2-6(12)10(14-7)11(19)16-4-8(17)15-9(18)5-16/h2-3H,4-5H2,1H3,(H,13,14)(H,15,17,18). The third-order valence-electron chi connectivity index (χ3n) is 2.54. The molecule has 0 atom stereocenters. The van der Waals surface area contributed by atoms with Gasteiger partial charge in [0.25, 0.3) is 5.91 Å². The van der Waals surface area contributed by atoms with Gasteiger partial charge in [0.15, 0.2) is 0 Å². The summed E-state index contributed by atoms with van der Waals surface area (Å²) < 4.78 is 0. The summed E-state index contributed by atoms with van der Waals surface area (Å²) >= 11 is 5.92. The predicted octanol–water partition coefficient (Wildman–Crippen LogP) is -0.125. The van der Waals surface area contributed by atoms with E-state index in [1.165, 1.54) is 6.07 Å².